The maximum Gasteiger partial charge on any atom is 0.269 e. The summed E-state index contributed by atoms with van der Waals surface area (Å²) in [6, 6.07) is 27.3. The van der Waals surface area contributed by atoms with Crippen LogP contribution < -0.4 is 0 Å². The third kappa shape index (κ3) is 2.74. The van der Waals surface area contributed by atoms with Crippen LogP contribution in [0, 0.1) is 10.1 Å². The van der Waals surface area contributed by atoms with Gasteiger partial charge in [-0.2, -0.15) is 0 Å². The number of nitro groups is 1. The van der Waals surface area contributed by atoms with Crippen LogP contribution in [0.5, 0.6) is 0 Å². The molecular weight excluding hydrogens is 350 g/mol. The summed E-state index contributed by atoms with van der Waals surface area (Å²) in [6.45, 7) is 0. The predicted molar refractivity (Wildman–Crippen MR) is 111 cm³/mol. The number of fused-ring (bicyclic) bond motifs is 2. The van der Waals surface area contributed by atoms with Crippen LogP contribution in [0.4, 0.5) is 5.69 Å². The molecule has 0 aliphatic carbocycles. The number of nitrogens with zero attached hydrogens (tertiary/aromatic N) is 1. The van der Waals surface area contributed by atoms with Crippen LogP contribution in [0.3, 0.4) is 0 Å². The third-order valence-corrected chi connectivity index (χ3v) is 5.14. The van der Waals surface area contributed by atoms with Gasteiger partial charge < -0.3 is 9.97 Å². The molecule has 5 heteroatoms. The van der Waals surface area contributed by atoms with Gasteiger partial charge in [-0.3, -0.25) is 10.1 Å². The molecule has 0 spiro atoms. The molecule has 5 nitrogen and oxygen atoms in total. The van der Waals surface area contributed by atoms with E-state index in [1.165, 1.54) is 6.07 Å². The molecule has 5 rings (SSSR count). The van der Waals surface area contributed by atoms with Crippen molar-refractivity contribution < 1.29 is 4.92 Å². The van der Waals surface area contributed by atoms with Gasteiger partial charge in [0.15, 0.2) is 0 Å². The first-order valence-corrected chi connectivity index (χ1v) is 9.09. The Balaban J connectivity index is 1.73. The fourth-order valence-electron chi connectivity index (χ4n) is 3.85. The predicted octanol–water partition coefficient (Wildman–Crippen LogP) is 5.74. The van der Waals surface area contributed by atoms with Gasteiger partial charge in [0.1, 0.15) is 0 Å². The van der Waals surface area contributed by atoms with Crippen molar-refractivity contribution in [3.63, 3.8) is 0 Å². The Morgan fingerprint density at radius 1 is 0.714 bits per heavy atom. The Kier molecular flexibility index (Phi) is 3.72. The zero-order chi connectivity index (χ0) is 19.1. The number of nitro benzene ring substituents is 1. The van der Waals surface area contributed by atoms with Crippen molar-refractivity contribution in [2.24, 2.45) is 0 Å². The van der Waals surface area contributed by atoms with E-state index in [2.05, 4.69) is 34.2 Å². The first kappa shape index (κ1) is 16.3. The lowest BCUT2D eigenvalue weighted by molar-refractivity contribution is -0.384. The van der Waals surface area contributed by atoms with Crippen molar-refractivity contribution in [2.75, 3.05) is 0 Å². The van der Waals surface area contributed by atoms with Gasteiger partial charge in [0.25, 0.3) is 5.69 Å². The highest BCUT2D eigenvalue weighted by atomic mass is 16.6. The van der Waals surface area contributed by atoms with Crippen LogP contribution in [-0.4, -0.2) is 14.9 Å². The average molecular weight is 367 g/mol. The molecule has 136 valence electrons. The number of rotatable bonds is 4. The number of hydrogen-bond acceptors (Lipinski definition) is 2. The van der Waals surface area contributed by atoms with E-state index in [1.807, 2.05) is 42.5 Å². The summed E-state index contributed by atoms with van der Waals surface area (Å²) in [6.07, 6.45) is 0. The largest absolute Gasteiger partial charge is 0.358 e. The molecule has 2 aromatic heterocycles. The Morgan fingerprint density at radius 2 is 1.29 bits per heavy atom. The second-order valence-electron chi connectivity index (χ2n) is 6.91. The van der Waals surface area contributed by atoms with Crippen molar-refractivity contribution >= 4 is 27.5 Å². The van der Waals surface area contributed by atoms with E-state index >= 15 is 0 Å². The highest BCUT2D eigenvalue weighted by molar-refractivity contribution is 5.82. The van der Waals surface area contributed by atoms with Gasteiger partial charge in [0.2, 0.25) is 0 Å². The number of aromatic amines is 2. The average Bonchev–Trinajstić information content (AvgIpc) is 3.32. The summed E-state index contributed by atoms with van der Waals surface area (Å²) in [5, 5.41) is 13.6. The quantitative estimate of drug-likeness (QED) is 0.314. The maximum absolute atomic E-state index is 11.3. The summed E-state index contributed by atoms with van der Waals surface area (Å²) in [4.78, 5) is 18.0. The molecule has 2 heterocycles. The van der Waals surface area contributed by atoms with Gasteiger partial charge in [-0.15, -0.1) is 0 Å². The summed E-state index contributed by atoms with van der Waals surface area (Å²) < 4.78 is 0. The third-order valence-electron chi connectivity index (χ3n) is 5.14. The first-order valence-electron chi connectivity index (χ1n) is 9.09. The molecule has 0 atom stereocenters. The van der Waals surface area contributed by atoms with E-state index in [0.717, 1.165) is 38.8 Å². The van der Waals surface area contributed by atoms with Crippen LogP contribution in [0.1, 0.15) is 22.9 Å². The number of aromatic nitrogens is 2. The van der Waals surface area contributed by atoms with E-state index in [0.29, 0.717) is 0 Å². The molecule has 28 heavy (non-hydrogen) atoms. The van der Waals surface area contributed by atoms with Crippen molar-refractivity contribution in [2.45, 2.75) is 5.92 Å². The Bertz CT molecular complexity index is 1180. The summed E-state index contributed by atoms with van der Waals surface area (Å²) in [7, 11) is 0. The van der Waals surface area contributed by atoms with Gasteiger partial charge >= 0.3 is 0 Å². The van der Waals surface area contributed by atoms with Crippen LogP contribution in [0.25, 0.3) is 21.8 Å². The lowest BCUT2D eigenvalue weighted by Crippen LogP contribution is -2.05. The molecule has 2 N–H and O–H groups in total. The van der Waals surface area contributed by atoms with Gasteiger partial charge in [-0.1, -0.05) is 48.5 Å². The number of H-pyrrole nitrogens is 2. The smallest absolute Gasteiger partial charge is 0.269 e. The van der Waals surface area contributed by atoms with Crippen molar-refractivity contribution in [3.05, 3.63) is 112 Å². The minimum atomic E-state index is -0.350. The zero-order valence-electron chi connectivity index (χ0n) is 14.9. The van der Waals surface area contributed by atoms with Gasteiger partial charge in [0.05, 0.1) is 10.8 Å². The molecule has 0 aliphatic heterocycles. The van der Waals surface area contributed by atoms with Gasteiger partial charge in [0, 0.05) is 34.6 Å². The highest BCUT2D eigenvalue weighted by Gasteiger charge is 2.22. The van der Waals surface area contributed by atoms with Gasteiger partial charge in [-0.05, 0) is 40.6 Å². The lowest BCUT2D eigenvalue weighted by Gasteiger charge is -2.15. The molecular formula is C23H17N3O2. The maximum atomic E-state index is 11.3. The molecule has 5 aromatic rings. The molecule has 0 unspecified atom stereocenters. The van der Waals surface area contributed by atoms with Crippen molar-refractivity contribution in [1.29, 1.82) is 0 Å². The SMILES string of the molecule is O=[N+]([O-])c1cccc(C(c2cc3ccccc3[nH]2)c2cc3ccccc3[nH]2)c1. The number of benzene rings is 3. The number of nitrogens with one attached hydrogen (secondary N) is 2. The number of para-hydroxylation sites is 2. The molecule has 0 bridgehead atoms. The molecule has 3 aromatic carbocycles. The van der Waals surface area contributed by atoms with Crippen molar-refractivity contribution in [3.8, 4) is 0 Å². The topological polar surface area (TPSA) is 74.7 Å². The standard InChI is InChI=1S/C23H17N3O2/c27-26(28)18-9-5-8-17(12-18)23(21-13-15-6-1-3-10-19(15)24-21)22-14-16-7-2-4-11-20(16)25-22/h1-14,23-25H. The molecule has 0 amide bonds. The summed E-state index contributed by atoms with van der Waals surface area (Å²) in [5.41, 5.74) is 5.04. The molecule has 0 saturated carbocycles. The summed E-state index contributed by atoms with van der Waals surface area (Å²) in [5.74, 6) is -0.167. The lowest BCUT2D eigenvalue weighted by atomic mass is 9.92. The first-order chi connectivity index (χ1) is 13.7. The normalized spacial score (nSPS) is 11.5. The number of hydrogen-bond donors (Lipinski definition) is 2. The highest BCUT2D eigenvalue weighted by Crippen LogP contribution is 2.35. The Labute approximate surface area is 160 Å². The molecule has 0 radical (unpaired) electrons. The monoisotopic (exact) mass is 367 g/mol. The fourth-order valence-corrected chi connectivity index (χ4v) is 3.85. The number of non-ortho nitro benzene ring substituents is 1. The minimum absolute atomic E-state index is 0.0923. The minimum Gasteiger partial charge on any atom is -0.358 e. The summed E-state index contributed by atoms with van der Waals surface area (Å²) >= 11 is 0. The van der Waals surface area contributed by atoms with Crippen LogP contribution in [0.2, 0.25) is 0 Å². The Morgan fingerprint density at radius 3 is 1.82 bits per heavy atom. The molecule has 0 saturated heterocycles. The zero-order valence-corrected chi connectivity index (χ0v) is 14.9. The van der Waals surface area contributed by atoms with E-state index in [1.54, 1.807) is 12.1 Å². The molecule has 0 fully saturated rings. The second kappa shape index (κ2) is 6.39. The van der Waals surface area contributed by atoms with E-state index in [4.69, 9.17) is 0 Å². The fraction of sp³-hybridized carbons (Fsp3) is 0.0435. The van der Waals surface area contributed by atoms with Gasteiger partial charge in [-0.25, -0.2) is 0 Å². The van der Waals surface area contributed by atoms with E-state index in [-0.39, 0.29) is 16.5 Å². The molecule has 0 aliphatic rings. The van der Waals surface area contributed by atoms with Crippen LogP contribution >= 0.6 is 0 Å². The van der Waals surface area contributed by atoms with Crippen molar-refractivity contribution in [1.82, 2.24) is 9.97 Å². The van der Waals surface area contributed by atoms with Crippen LogP contribution in [0.15, 0.2) is 84.9 Å². The second-order valence-corrected chi connectivity index (χ2v) is 6.91. The Hall–Kier alpha value is -3.86. The van der Waals surface area contributed by atoms with E-state index < -0.39 is 0 Å². The van der Waals surface area contributed by atoms with E-state index in [9.17, 15) is 10.1 Å². The van der Waals surface area contributed by atoms with Crippen LogP contribution in [-0.2, 0) is 0 Å².